The molecule has 0 bridgehead atoms. The maximum absolute atomic E-state index is 12.3. The van der Waals surface area contributed by atoms with Gasteiger partial charge in [0.25, 0.3) is 5.91 Å². The molecule has 2 aromatic carbocycles. The first kappa shape index (κ1) is 20.8. The maximum atomic E-state index is 12.3. The van der Waals surface area contributed by atoms with Crippen LogP contribution in [0, 0.1) is 0 Å². The summed E-state index contributed by atoms with van der Waals surface area (Å²) >= 11 is 1.42. The van der Waals surface area contributed by atoms with Crippen molar-refractivity contribution in [2.45, 2.75) is 13.0 Å². The fraction of sp³-hybridized carbons (Fsp3) is 0.273. The Kier molecular flexibility index (Phi) is 7.61. The van der Waals surface area contributed by atoms with E-state index in [1.54, 1.807) is 19.6 Å². The van der Waals surface area contributed by atoms with E-state index in [1.807, 2.05) is 48.5 Å². The summed E-state index contributed by atoms with van der Waals surface area (Å²) in [5.41, 5.74) is 2.42. The van der Waals surface area contributed by atoms with Crippen molar-refractivity contribution in [3.63, 3.8) is 0 Å². The predicted molar refractivity (Wildman–Crippen MR) is 114 cm³/mol. The van der Waals surface area contributed by atoms with Gasteiger partial charge >= 0.3 is 0 Å². The lowest BCUT2D eigenvalue weighted by molar-refractivity contribution is 0.0930. The average molecular weight is 413 g/mol. The molecular weight excluding hydrogens is 388 g/mol. The lowest BCUT2D eigenvalue weighted by Crippen LogP contribution is -2.25. The third kappa shape index (κ3) is 5.79. The molecule has 3 rings (SSSR count). The van der Waals surface area contributed by atoms with Crippen LogP contribution in [0.3, 0.4) is 0 Å². The van der Waals surface area contributed by atoms with E-state index in [9.17, 15) is 4.79 Å². The Labute approximate surface area is 174 Å². The number of rotatable bonds is 10. The van der Waals surface area contributed by atoms with Crippen LogP contribution < -0.4 is 14.8 Å². The van der Waals surface area contributed by atoms with Gasteiger partial charge in [-0.05, 0) is 30.2 Å². The summed E-state index contributed by atoms with van der Waals surface area (Å²) in [4.78, 5) is 16.8. The van der Waals surface area contributed by atoms with Crippen LogP contribution in [0.5, 0.6) is 11.5 Å². The number of hydrogen-bond donors (Lipinski definition) is 1. The van der Waals surface area contributed by atoms with E-state index < -0.39 is 0 Å². The van der Waals surface area contributed by atoms with E-state index in [-0.39, 0.29) is 5.91 Å². The van der Waals surface area contributed by atoms with Crippen molar-refractivity contribution in [1.82, 2.24) is 10.3 Å². The third-order valence-corrected chi connectivity index (χ3v) is 5.12. The van der Waals surface area contributed by atoms with Crippen LogP contribution in [0.1, 0.15) is 22.5 Å². The maximum Gasteiger partial charge on any atom is 0.270 e. The minimum atomic E-state index is -0.184. The highest BCUT2D eigenvalue weighted by Crippen LogP contribution is 2.33. The summed E-state index contributed by atoms with van der Waals surface area (Å²) in [6.07, 6.45) is 0.741. The summed E-state index contributed by atoms with van der Waals surface area (Å²) in [7, 11) is 3.18. The van der Waals surface area contributed by atoms with Gasteiger partial charge in [0.15, 0.2) is 11.5 Å². The Hall–Kier alpha value is -2.90. The SMILES string of the molecule is COc1ccc(-c2nc(C(=O)NCCCOCc3ccccc3)cs2)cc1OC. The number of hydrogen-bond acceptors (Lipinski definition) is 6. The molecule has 1 aromatic heterocycles. The molecule has 0 spiro atoms. The van der Waals surface area contributed by atoms with E-state index in [0.29, 0.717) is 37.0 Å². The smallest absolute Gasteiger partial charge is 0.270 e. The highest BCUT2D eigenvalue weighted by Gasteiger charge is 2.13. The van der Waals surface area contributed by atoms with Crippen LogP contribution in [0.4, 0.5) is 0 Å². The molecule has 1 heterocycles. The Bertz CT molecular complexity index is 928. The monoisotopic (exact) mass is 412 g/mol. The minimum absolute atomic E-state index is 0.184. The summed E-state index contributed by atoms with van der Waals surface area (Å²) in [6.45, 7) is 1.70. The molecule has 1 amide bonds. The van der Waals surface area contributed by atoms with Gasteiger partial charge in [0.05, 0.1) is 20.8 Å². The highest BCUT2D eigenvalue weighted by atomic mass is 32.1. The number of carbonyl (C=O) groups excluding carboxylic acids is 1. The fourth-order valence-corrected chi connectivity index (χ4v) is 3.51. The first-order valence-electron chi connectivity index (χ1n) is 9.29. The molecule has 6 nitrogen and oxygen atoms in total. The number of benzene rings is 2. The van der Waals surface area contributed by atoms with Crippen LogP contribution in [0.15, 0.2) is 53.9 Å². The second-order valence-electron chi connectivity index (χ2n) is 6.26. The standard InChI is InChI=1S/C22H24N2O4S/c1-26-19-10-9-17(13-20(19)27-2)22-24-18(15-29-22)21(25)23-11-6-12-28-14-16-7-4-3-5-8-16/h3-5,7-10,13,15H,6,11-12,14H2,1-2H3,(H,23,25). The molecule has 0 saturated heterocycles. The number of nitrogens with one attached hydrogen (secondary N) is 1. The van der Waals surface area contributed by atoms with Crippen LogP contribution in [-0.2, 0) is 11.3 Å². The van der Waals surface area contributed by atoms with Crippen molar-refractivity contribution in [2.75, 3.05) is 27.4 Å². The van der Waals surface area contributed by atoms with Gasteiger partial charge in [0.1, 0.15) is 10.7 Å². The molecule has 0 aliphatic rings. The summed E-state index contributed by atoms with van der Waals surface area (Å²) in [5.74, 6) is 1.10. The Balaban J connectivity index is 1.46. The lowest BCUT2D eigenvalue weighted by Gasteiger charge is -2.08. The second-order valence-corrected chi connectivity index (χ2v) is 7.11. The number of nitrogens with zero attached hydrogens (tertiary/aromatic N) is 1. The van der Waals surface area contributed by atoms with Gasteiger partial charge in [-0.3, -0.25) is 4.79 Å². The number of carbonyl (C=O) groups is 1. The lowest BCUT2D eigenvalue weighted by atomic mass is 10.2. The molecular formula is C22H24N2O4S. The normalized spacial score (nSPS) is 10.6. The van der Waals surface area contributed by atoms with Crippen LogP contribution in [0.25, 0.3) is 10.6 Å². The van der Waals surface area contributed by atoms with E-state index in [4.69, 9.17) is 14.2 Å². The van der Waals surface area contributed by atoms with Crippen molar-refractivity contribution in [1.29, 1.82) is 0 Å². The van der Waals surface area contributed by atoms with Gasteiger partial charge in [0, 0.05) is 24.1 Å². The molecule has 0 saturated carbocycles. The molecule has 152 valence electrons. The molecule has 3 aromatic rings. The van der Waals surface area contributed by atoms with Crippen molar-refractivity contribution >= 4 is 17.2 Å². The molecule has 29 heavy (non-hydrogen) atoms. The Morgan fingerprint density at radius 3 is 2.62 bits per heavy atom. The Morgan fingerprint density at radius 2 is 1.86 bits per heavy atom. The Morgan fingerprint density at radius 1 is 1.07 bits per heavy atom. The molecule has 7 heteroatoms. The van der Waals surface area contributed by atoms with E-state index >= 15 is 0 Å². The molecule has 0 fully saturated rings. The molecule has 0 aliphatic heterocycles. The molecule has 0 unspecified atom stereocenters. The third-order valence-electron chi connectivity index (χ3n) is 4.23. The van der Waals surface area contributed by atoms with Gasteiger partial charge in [-0.1, -0.05) is 30.3 Å². The van der Waals surface area contributed by atoms with Gasteiger partial charge < -0.3 is 19.5 Å². The number of ether oxygens (including phenoxy) is 3. The summed E-state index contributed by atoms with van der Waals surface area (Å²) in [6, 6.07) is 15.6. The molecule has 0 aliphatic carbocycles. The fourth-order valence-electron chi connectivity index (χ4n) is 2.71. The van der Waals surface area contributed by atoms with Crippen molar-refractivity contribution in [3.8, 4) is 22.1 Å². The first-order chi connectivity index (χ1) is 14.2. The van der Waals surface area contributed by atoms with E-state index in [0.717, 1.165) is 22.6 Å². The average Bonchev–Trinajstić information content (AvgIpc) is 3.26. The number of methoxy groups -OCH3 is 2. The van der Waals surface area contributed by atoms with Crippen LogP contribution in [0.2, 0.25) is 0 Å². The molecule has 0 atom stereocenters. The van der Waals surface area contributed by atoms with Gasteiger partial charge in [-0.15, -0.1) is 11.3 Å². The van der Waals surface area contributed by atoms with E-state index in [1.165, 1.54) is 11.3 Å². The van der Waals surface area contributed by atoms with Gasteiger partial charge in [-0.2, -0.15) is 0 Å². The summed E-state index contributed by atoms with van der Waals surface area (Å²) < 4.78 is 16.2. The first-order valence-corrected chi connectivity index (χ1v) is 10.2. The van der Waals surface area contributed by atoms with Crippen LogP contribution in [-0.4, -0.2) is 38.3 Å². The molecule has 0 radical (unpaired) electrons. The van der Waals surface area contributed by atoms with Crippen molar-refractivity contribution < 1.29 is 19.0 Å². The number of amides is 1. The predicted octanol–water partition coefficient (Wildman–Crippen LogP) is 4.16. The van der Waals surface area contributed by atoms with Gasteiger partial charge in [-0.25, -0.2) is 4.98 Å². The van der Waals surface area contributed by atoms with E-state index in [2.05, 4.69) is 10.3 Å². The topological polar surface area (TPSA) is 69.7 Å². The van der Waals surface area contributed by atoms with Crippen molar-refractivity contribution in [3.05, 3.63) is 65.2 Å². The van der Waals surface area contributed by atoms with Gasteiger partial charge in [0.2, 0.25) is 0 Å². The quantitative estimate of drug-likeness (QED) is 0.506. The zero-order valence-corrected chi connectivity index (χ0v) is 17.3. The highest BCUT2D eigenvalue weighted by molar-refractivity contribution is 7.13. The number of aromatic nitrogens is 1. The summed E-state index contributed by atoms with van der Waals surface area (Å²) in [5, 5.41) is 5.39. The molecule has 1 N–H and O–H groups in total. The van der Waals surface area contributed by atoms with Crippen LogP contribution >= 0.6 is 11.3 Å². The zero-order chi connectivity index (χ0) is 20.5. The minimum Gasteiger partial charge on any atom is -0.493 e. The number of thiazole rings is 1. The zero-order valence-electron chi connectivity index (χ0n) is 16.5. The van der Waals surface area contributed by atoms with Crippen molar-refractivity contribution in [2.24, 2.45) is 0 Å². The second kappa shape index (κ2) is 10.6. The largest absolute Gasteiger partial charge is 0.493 e.